The summed E-state index contributed by atoms with van der Waals surface area (Å²) in [5, 5.41) is 1.99. The first-order valence-corrected chi connectivity index (χ1v) is 5.86. The fourth-order valence-electron chi connectivity index (χ4n) is 1.55. The van der Waals surface area contributed by atoms with Gasteiger partial charge < -0.3 is 0 Å². The number of rotatable bonds is 2. The van der Waals surface area contributed by atoms with Gasteiger partial charge in [0.2, 0.25) is 0 Å². The van der Waals surface area contributed by atoms with Crippen molar-refractivity contribution in [3.63, 3.8) is 0 Å². The van der Waals surface area contributed by atoms with E-state index in [0.29, 0.717) is 17.8 Å². The quantitative estimate of drug-likeness (QED) is 0.647. The Labute approximate surface area is 101 Å². The minimum atomic E-state index is 0.376. The maximum absolute atomic E-state index is 10.7. The van der Waals surface area contributed by atoms with E-state index in [4.69, 9.17) is 0 Å². The lowest BCUT2D eigenvalue weighted by Crippen LogP contribution is -1.93. The highest BCUT2D eigenvalue weighted by Crippen LogP contribution is 2.23. The highest BCUT2D eigenvalue weighted by atomic mass is 32.1. The van der Waals surface area contributed by atoms with Gasteiger partial charge in [-0.3, -0.25) is 9.78 Å². The molecule has 0 aliphatic rings. The Morgan fingerprint density at radius 3 is 3.06 bits per heavy atom. The molecule has 0 saturated heterocycles. The molecule has 3 aromatic rings. The Morgan fingerprint density at radius 1 is 1.24 bits per heavy atom. The van der Waals surface area contributed by atoms with Crippen molar-refractivity contribution in [2.45, 2.75) is 0 Å². The van der Waals surface area contributed by atoms with E-state index in [1.54, 1.807) is 29.8 Å². The minimum Gasteiger partial charge on any atom is -0.296 e. The lowest BCUT2D eigenvalue weighted by molar-refractivity contribution is 0.111. The fraction of sp³-hybridized carbons (Fsp3) is 0. The summed E-state index contributed by atoms with van der Waals surface area (Å²) in [5.74, 6) is 0.525. The molecule has 3 aromatic heterocycles. The van der Waals surface area contributed by atoms with Crippen LogP contribution in [0.4, 0.5) is 0 Å². The van der Waals surface area contributed by atoms with Gasteiger partial charge >= 0.3 is 0 Å². The van der Waals surface area contributed by atoms with Crippen molar-refractivity contribution in [3.05, 3.63) is 41.7 Å². The molecule has 82 valence electrons. The molecule has 0 radical (unpaired) electrons. The van der Waals surface area contributed by atoms with Crippen LogP contribution < -0.4 is 0 Å². The topological polar surface area (TPSA) is 55.7 Å². The van der Waals surface area contributed by atoms with Crippen LogP contribution in [0.25, 0.3) is 21.6 Å². The van der Waals surface area contributed by atoms with Gasteiger partial charge in [0.05, 0.1) is 10.2 Å². The van der Waals surface area contributed by atoms with Crippen molar-refractivity contribution in [2.75, 3.05) is 0 Å². The SMILES string of the molecule is O=Cc1ccnc(-c2cnc3ccsc3c2)n1. The maximum atomic E-state index is 10.7. The second-order valence-corrected chi connectivity index (χ2v) is 4.40. The number of carbonyl (C=O) groups excluding carboxylic acids is 1. The van der Waals surface area contributed by atoms with Crippen molar-refractivity contribution >= 4 is 27.8 Å². The number of carbonyl (C=O) groups is 1. The molecular weight excluding hydrogens is 234 g/mol. The van der Waals surface area contributed by atoms with E-state index in [-0.39, 0.29) is 0 Å². The Bertz CT molecular complexity index is 693. The van der Waals surface area contributed by atoms with E-state index in [2.05, 4.69) is 15.0 Å². The number of nitrogens with zero attached hydrogens (tertiary/aromatic N) is 3. The van der Waals surface area contributed by atoms with Crippen LogP contribution in [0, 0.1) is 0 Å². The summed E-state index contributed by atoms with van der Waals surface area (Å²) in [6, 6.07) is 5.52. The first-order valence-electron chi connectivity index (χ1n) is 4.99. The van der Waals surface area contributed by atoms with Crippen LogP contribution in [-0.2, 0) is 0 Å². The molecule has 0 saturated carbocycles. The third-order valence-corrected chi connectivity index (χ3v) is 3.21. The molecule has 17 heavy (non-hydrogen) atoms. The molecule has 0 aliphatic heterocycles. The molecule has 0 amide bonds. The lowest BCUT2D eigenvalue weighted by Gasteiger charge is -1.99. The van der Waals surface area contributed by atoms with Gasteiger partial charge in [0.1, 0.15) is 5.69 Å². The number of aldehydes is 1. The molecule has 3 heterocycles. The molecule has 0 aromatic carbocycles. The molecule has 4 nitrogen and oxygen atoms in total. The van der Waals surface area contributed by atoms with Crippen molar-refractivity contribution in [1.29, 1.82) is 0 Å². The van der Waals surface area contributed by atoms with Gasteiger partial charge in [-0.05, 0) is 23.6 Å². The summed E-state index contributed by atoms with van der Waals surface area (Å²) in [6.45, 7) is 0. The average molecular weight is 241 g/mol. The number of hydrogen-bond donors (Lipinski definition) is 0. The number of pyridine rings is 1. The van der Waals surface area contributed by atoms with Gasteiger partial charge in [0.15, 0.2) is 12.1 Å². The molecule has 0 N–H and O–H groups in total. The van der Waals surface area contributed by atoms with Crippen LogP contribution in [0.15, 0.2) is 36.0 Å². The van der Waals surface area contributed by atoms with Crippen molar-refractivity contribution < 1.29 is 4.79 Å². The van der Waals surface area contributed by atoms with E-state index in [9.17, 15) is 4.79 Å². The van der Waals surface area contributed by atoms with Gasteiger partial charge in [-0.25, -0.2) is 9.97 Å². The smallest absolute Gasteiger partial charge is 0.168 e. The van der Waals surface area contributed by atoms with Crippen LogP contribution >= 0.6 is 11.3 Å². The van der Waals surface area contributed by atoms with E-state index in [1.807, 2.05) is 17.5 Å². The first kappa shape index (κ1) is 10.0. The number of fused-ring (bicyclic) bond motifs is 1. The molecule has 3 rings (SSSR count). The summed E-state index contributed by atoms with van der Waals surface area (Å²) in [7, 11) is 0. The Balaban J connectivity index is 2.15. The minimum absolute atomic E-state index is 0.376. The maximum Gasteiger partial charge on any atom is 0.168 e. The van der Waals surface area contributed by atoms with Crippen LogP contribution in [-0.4, -0.2) is 21.2 Å². The van der Waals surface area contributed by atoms with Crippen molar-refractivity contribution in [3.8, 4) is 11.4 Å². The van der Waals surface area contributed by atoms with Gasteiger partial charge in [0, 0.05) is 18.0 Å². The molecule has 0 atom stereocenters. The largest absolute Gasteiger partial charge is 0.296 e. The molecule has 0 aliphatic carbocycles. The van der Waals surface area contributed by atoms with Gasteiger partial charge in [-0.15, -0.1) is 11.3 Å². The molecule has 5 heteroatoms. The third kappa shape index (κ3) is 1.81. The summed E-state index contributed by atoms with van der Waals surface area (Å²) in [4.78, 5) is 23.3. The van der Waals surface area contributed by atoms with E-state index < -0.39 is 0 Å². The monoisotopic (exact) mass is 241 g/mol. The Kier molecular flexibility index (Phi) is 2.38. The van der Waals surface area contributed by atoms with Crippen LogP contribution in [0.1, 0.15) is 10.5 Å². The number of thiophene rings is 1. The zero-order chi connectivity index (χ0) is 11.7. The molecule has 0 bridgehead atoms. The summed E-state index contributed by atoms with van der Waals surface area (Å²) in [5.41, 5.74) is 2.16. The predicted molar refractivity (Wildman–Crippen MR) is 66.0 cm³/mol. The Hall–Kier alpha value is -2.14. The van der Waals surface area contributed by atoms with Crippen LogP contribution in [0.5, 0.6) is 0 Å². The average Bonchev–Trinajstić information content (AvgIpc) is 2.86. The highest BCUT2D eigenvalue weighted by molar-refractivity contribution is 7.17. The normalized spacial score (nSPS) is 10.6. The van der Waals surface area contributed by atoms with Crippen LogP contribution in [0.2, 0.25) is 0 Å². The molecule has 0 fully saturated rings. The fourth-order valence-corrected chi connectivity index (χ4v) is 2.33. The molecule has 0 unspecified atom stereocenters. The second kappa shape index (κ2) is 4.03. The van der Waals surface area contributed by atoms with E-state index in [0.717, 1.165) is 15.8 Å². The lowest BCUT2D eigenvalue weighted by atomic mass is 10.2. The zero-order valence-electron chi connectivity index (χ0n) is 8.70. The summed E-state index contributed by atoms with van der Waals surface area (Å²) < 4.78 is 1.09. The second-order valence-electron chi connectivity index (χ2n) is 3.45. The predicted octanol–water partition coefficient (Wildman–Crippen LogP) is 2.57. The number of hydrogen-bond acceptors (Lipinski definition) is 5. The summed E-state index contributed by atoms with van der Waals surface area (Å²) in [6.07, 6.45) is 4.01. The number of aromatic nitrogens is 3. The van der Waals surface area contributed by atoms with Crippen molar-refractivity contribution in [1.82, 2.24) is 15.0 Å². The van der Waals surface area contributed by atoms with Gasteiger partial charge in [0.25, 0.3) is 0 Å². The van der Waals surface area contributed by atoms with Crippen molar-refractivity contribution in [2.24, 2.45) is 0 Å². The summed E-state index contributed by atoms with van der Waals surface area (Å²) >= 11 is 1.62. The standard InChI is InChI=1S/C12H7N3OS/c16-7-9-1-3-13-12(15-9)8-5-11-10(14-6-8)2-4-17-11/h1-7H. The zero-order valence-corrected chi connectivity index (χ0v) is 9.52. The van der Waals surface area contributed by atoms with Gasteiger partial charge in [-0.1, -0.05) is 0 Å². The van der Waals surface area contributed by atoms with Crippen LogP contribution in [0.3, 0.4) is 0 Å². The highest BCUT2D eigenvalue weighted by Gasteiger charge is 2.05. The molecule has 0 spiro atoms. The third-order valence-electron chi connectivity index (χ3n) is 2.36. The van der Waals surface area contributed by atoms with E-state index in [1.165, 1.54) is 0 Å². The first-order chi connectivity index (χ1) is 8.36. The van der Waals surface area contributed by atoms with Gasteiger partial charge in [-0.2, -0.15) is 0 Å². The Morgan fingerprint density at radius 2 is 2.18 bits per heavy atom. The molecular formula is C12H7N3OS. The van der Waals surface area contributed by atoms with E-state index >= 15 is 0 Å².